The molecule has 0 amide bonds. The predicted molar refractivity (Wildman–Crippen MR) is 49.1 cm³/mol. The summed E-state index contributed by atoms with van der Waals surface area (Å²) in [7, 11) is 0. The Hall–Kier alpha value is -0.770. The van der Waals surface area contributed by atoms with Gasteiger partial charge in [0.25, 0.3) is 0 Å². The number of nitrogens with zero attached hydrogens (tertiary/aromatic N) is 2. The van der Waals surface area contributed by atoms with Crippen molar-refractivity contribution >= 4 is 11.2 Å². The van der Waals surface area contributed by atoms with Crippen molar-refractivity contribution in [2.75, 3.05) is 13.1 Å². The third kappa shape index (κ3) is 1.39. The van der Waals surface area contributed by atoms with E-state index in [1.165, 1.54) is 0 Å². The molecule has 2 aliphatic rings. The van der Waals surface area contributed by atoms with E-state index in [-0.39, 0.29) is 0 Å². The number of hydrogen-bond acceptors (Lipinski definition) is 1. The molecule has 0 bridgehead atoms. The van der Waals surface area contributed by atoms with Gasteiger partial charge in [-0.3, -0.25) is 8.61 Å². The topological polar surface area (TPSA) is 23.6 Å². The van der Waals surface area contributed by atoms with Crippen molar-refractivity contribution in [3.05, 3.63) is 24.6 Å². The summed E-state index contributed by atoms with van der Waals surface area (Å²) in [6.45, 7) is 1.77. The van der Waals surface area contributed by atoms with Gasteiger partial charge in [0, 0.05) is 25.5 Å². The van der Waals surface area contributed by atoms with Crippen molar-refractivity contribution in [3.8, 4) is 0 Å². The zero-order chi connectivity index (χ0) is 8.39. The highest BCUT2D eigenvalue weighted by molar-refractivity contribution is 7.80. The van der Waals surface area contributed by atoms with E-state index in [2.05, 4.69) is 12.2 Å². The Balaban J connectivity index is 1.99. The average molecular weight is 184 g/mol. The van der Waals surface area contributed by atoms with Crippen LogP contribution in [0.1, 0.15) is 12.8 Å². The van der Waals surface area contributed by atoms with Crippen molar-refractivity contribution in [2.45, 2.75) is 12.8 Å². The molecule has 0 unspecified atom stereocenters. The predicted octanol–water partition coefficient (Wildman–Crippen LogP) is 1.00. The van der Waals surface area contributed by atoms with Gasteiger partial charge in [-0.2, -0.15) is 0 Å². The lowest BCUT2D eigenvalue weighted by molar-refractivity contribution is 0.520. The first-order valence-electron chi connectivity index (χ1n) is 4.16. The summed E-state index contributed by atoms with van der Waals surface area (Å²) in [4.78, 5) is 0. The van der Waals surface area contributed by atoms with Crippen LogP contribution in [-0.2, 0) is 11.2 Å². The minimum Gasteiger partial charge on any atom is -0.281 e. The molecule has 12 heavy (non-hydrogen) atoms. The van der Waals surface area contributed by atoms with E-state index in [1.807, 2.05) is 21.0 Å². The second-order valence-corrected chi connectivity index (χ2v) is 4.26. The van der Waals surface area contributed by atoms with Gasteiger partial charge >= 0.3 is 0 Å². The average Bonchev–Trinajstić information content (AvgIpc) is 2.77. The first-order valence-corrected chi connectivity index (χ1v) is 5.23. The minimum absolute atomic E-state index is 0.886. The molecule has 0 aromatic heterocycles. The third-order valence-electron chi connectivity index (χ3n) is 1.98. The van der Waals surface area contributed by atoms with Crippen LogP contribution in [0.4, 0.5) is 0 Å². The smallest absolute Gasteiger partial charge is 0.224 e. The molecule has 0 aromatic carbocycles. The van der Waals surface area contributed by atoms with Crippen LogP contribution >= 0.6 is 0 Å². The van der Waals surface area contributed by atoms with Crippen LogP contribution in [0.2, 0.25) is 0 Å². The maximum atomic E-state index is 11.7. The fraction of sp³-hybridized carbons (Fsp3) is 0.500. The van der Waals surface area contributed by atoms with Gasteiger partial charge in [-0.25, -0.2) is 4.21 Å². The van der Waals surface area contributed by atoms with Crippen molar-refractivity contribution in [2.24, 2.45) is 0 Å². The Labute approximate surface area is 75.1 Å². The van der Waals surface area contributed by atoms with E-state index in [1.54, 1.807) is 0 Å². The molecule has 0 aromatic rings. The molecule has 0 spiro atoms. The highest BCUT2D eigenvalue weighted by atomic mass is 32.2. The third-order valence-corrected chi connectivity index (χ3v) is 3.39. The second kappa shape index (κ2) is 3.31. The zero-order valence-corrected chi connectivity index (χ0v) is 7.67. The van der Waals surface area contributed by atoms with Gasteiger partial charge in [0.05, 0.1) is 0 Å². The van der Waals surface area contributed by atoms with Gasteiger partial charge in [-0.15, -0.1) is 0 Å². The molecule has 0 saturated carbocycles. The molecule has 0 N–H and O–H groups in total. The van der Waals surface area contributed by atoms with Gasteiger partial charge in [0.15, 0.2) is 0 Å². The van der Waals surface area contributed by atoms with Crippen LogP contribution in [0, 0.1) is 0 Å². The summed E-state index contributed by atoms with van der Waals surface area (Å²) in [6.07, 6.45) is 9.98. The monoisotopic (exact) mass is 184 g/mol. The fourth-order valence-corrected chi connectivity index (χ4v) is 2.50. The molecule has 2 heterocycles. The Morgan fingerprint density at radius 2 is 1.50 bits per heavy atom. The fourth-order valence-electron chi connectivity index (χ4n) is 1.33. The zero-order valence-electron chi connectivity index (χ0n) is 6.85. The van der Waals surface area contributed by atoms with Crippen LogP contribution in [0.25, 0.3) is 0 Å². The maximum Gasteiger partial charge on any atom is 0.224 e. The van der Waals surface area contributed by atoms with Crippen LogP contribution < -0.4 is 0 Å². The van der Waals surface area contributed by atoms with Gasteiger partial charge in [0.2, 0.25) is 11.2 Å². The molecule has 0 fully saturated rings. The van der Waals surface area contributed by atoms with E-state index in [4.69, 9.17) is 0 Å². The van der Waals surface area contributed by atoms with Gasteiger partial charge in [0.1, 0.15) is 0 Å². The molecule has 2 aliphatic heterocycles. The Kier molecular flexibility index (Phi) is 2.17. The van der Waals surface area contributed by atoms with Crippen molar-refractivity contribution in [3.63, 3.8) is 0 Å². The highest BCUT2D eigenvalue weighted by Crippen LogP contribution is 2.14. The standard InChI is InChI=1S/C8H12N2OS/c11-12(9-5-1-2-6-9)10-7-3-4-8-10/h1,3,5,7H,2,4,6,8H2. The second-order valence-electron chi connectivity index (χ2n) is 2.86. The molecular weight excluding hydrogens is 172 g/mol. The summed E-state index contributed by atoms with van der Waals surface area (Å²) in [6, 6.07) is 0. The van der Waals surface area contributed by atoms with Crippen molar-refractivity contribution in [1.29, 1.82) is 0 Å². The van der Waals surface area contributed by atoms with Gasteiger partial charge < -0.3 is 0 Å². The molecule has 0 radical (unpaired) electrons. The van der Waals surface area contributed by atoms with E-state index >= 15 is 0 Å². The van der Waals surface area contributed by atoms with Crippen LogP contribution in [0.5, 0.6) is 0 Å². The molecule has 66 valence electrons. The lowest BCUT2D eigenvalue weighted by Gasteiger charge is -2.21. The summed E-state index contributed by atoms with van der Waals surface area (Å²) in [5.74, 6) is 0. The minimum atomic E-state index is -0.978. The van der Waals surface area contributed by atoms with E-state index in [9.17, 15) is 4.21 Å². The maximum absolute atomic E-state index is 11.7. The van der Waals surface area contributed by atoms with Crippen molar-refractivity contribution < 1.29 is 4.21 Å². The highest BCUT2D eigenvalue weighted by Gasteiger charge is 2.18. The summed E-state index contributed by atoms with van der Waals surface area (Å²) >= 11 is -0.978. The summed E-state index contributed by atoms with van der Waals surface area (Å²) < 4.78 is 15.4. The number of hydrogen-bond donors (Lipinski definition) is 0. The molecule has 0 aliphatic carbocycles. The quantitative estimate of drug-likeness (QED) is 0.628. The molecular formula is C8H12N2OS. The molecule has 0 atom stereocenters. The Morgan fingerprint density at radius 3 is 1.83 bits per heavy atom. The SMILES string of the molecule is O=S(N1C=CCC1)N1C=CCC1. The van der Waals surface area contributed by atoms with E-state index in [0.717, 1.165) is 25.9 Å². The van der Waals surface area contributed by atoms with Crippen LogP contribution in [0.15, 0.2) is 24.6 Å². The molecule has 2 rings (SSSR count). The first kappa shape index (κ1) is 7.86. The first-order chi connectivity index (χ1) is 5.88. The molecule has 3 nitrogen and oxygen atoms in total. The molecule has 0 saturated heterocycles. The van der Waals surface area contributed by atoms with E-state index in [0.29, 0.717) is 0 Å². The largest absolute Gasteiger partial charge is 0.281 e. The number of rotatable bonds is 2. The Morgan fingerprint density at radius 1 is 1.00 bits per heavy atom. The normalized spacial score (nSPS) is 21.8. The van der Waals surface area contributed by atoms with Gasteiger partial charge in [-0.05, 0) is 12.8 Å². The lowest BCUT2D eigenvalue weighted by Crippen LogP contribution is -2.30. The van der Waals surface area contributed by atoms with Crippen LogP contribution in [0.3, 0.4) is 0 Å². The van der Waals surface area contributed by atoms with Gasteiger partial charge in [-0.1, -0.05) is 12.2 Å². The summed E-state index contributed by atoms with van der Waals surface area (Å²) in [5, 5.41) is 0. The van der Waals surface area contributed by atoms with Crippen LogP contribution in [-0.4, -0.2) is 25.9 Å². The van der Waals surface area contributed by atoms with Crippen molar-refractivity contribution in [1.82, 2.24) is 8.61 Å². The lowest BCUT2D eigenvalue weighted by atomic mass is 10.5. The molecule has 4 heteroatoms. The van der Waals surface area contributed by atoms with E-state index < -0.39 is 11.2 Å². The summed E-state index contributed by atoms with van der Waals surface area (Å²) in [5.41, 5.74) is 0. The Bertz CT molecular complexity index is 225.